The summed E-state index contributed by atoms with van der Waals surface area (Å²) in [5.41, 5.74) is 3.33. The first-order valence-electron chi connectivity index (χ1n) is 14.8. The van der Waals surface area contributed by atoms with E-state index in [-0.39, 0.29) is 0 Å². The summed E-state index contributed by atoms with van der Waals surface area (Å²) in [7, 11) is 0. The number of alkyl carbamates (subject to hydrolysis) is 1. The Balaban J connectivity index is 1.12. The van der Waals surface area contributed by atoms with E-state index in [2.05, 4.69) is 34.9 Å². The van der Waals surface area contributed by atoms with Gasteiger partial charge in [0, 0.05) is 42.2 Å². The molecule has 6 nitrogen and oxygen atoms in total. The summed E-state index contributed by atoms with van der Waals surface area (Å²) in [6.45, 7) is 4.35. The highest BCUT2D eigenvalue weighted by molar-refractivity contribution is 5.82. The number of alkyl halides is 3. The van der Waals surface area contributed by atoms with Gasteiger partial charge in [-0.15, -0.1) is 0 Å². The lowest BCUT2D eigenvalue weighted by Crippen LogP contribution is -2.52. The normalized spacial score (nSPS) is 17.9. The number of pyridine rings is 1. The minimum absolute atomic E-state index is 0.294. The largest absolute Gasteiger partial charge is 0.433 e. The lowest BCUT2D eigenvalue weighted by atomic mass is 9.86. The highest BCUT2D eigenvalue weighted by Crippen LogP contribution is 2.52. The van der Waals surface area contributed by atoms with Crippen molar-refractivity contribution in [1.82, 2.24) is 15.2 Å². The molecule has 0 spiro atoms. The van der Waals surface area contributed by atoms with Crippen LogP contribution in [0.5, 0.6) is 0 Å². The fraction of sp³-hybridized carbons (Fsp3) is 0.353. The van der Waals surface area contributed by atoms with Gasteiger partial charge in [-0.1, -0.05) is 66.7 Å². The predicted molar refractivity (Wildman–Crippen MR) is 162 cm³/mol. The van der Waals surface area contributed by atoms with E-state index in [1.165, 1.54) is 0 Å². The lowest BCUT2D eigenvalue weighted by Gasteiger charge is -2.41. The highest BCUT2D eigenvalue weighted by Gasteiger charge is 2.46. The lowest BCUT2D eigenvalue weighted by molar-refractivity contribution is -0.124. The number of carbonyl (C=O) groups excluding carboxylic acids is 1. The first kappa shape index (κ1) is 29.0. The number of benzene rings is 3. The zero-order valence-electron chi connectivity index (χ0n) is 24.1. The number of aromatic nitrogens is 1. The van der Waals surface area contributed by atoms with E-state index in [1.54, 1.807) is 0 Å². The molecule has 3 aromatic carbocycles. The Morgan fingerprint density at radius 2 is 1.60 bits per heavy atom. The number of nitrogens with one attached hydrogen (secondary N) is 1. The van der Waals surface area contributed by atoms with Crippen molar-refractivity contribution in [2.75, 3.05) is 37.6 Å². The van der Waals surface area contributed by atoms with Crippen LogP contribution in [0.25, 0.3) is 22.0 Å². The molecule has 1 aliphatic heterocycles. The molecule has 224 valence electrons. The van der Waals surface area contributed by atoms with Gasteiger partial charge in [0.15, 0.2) is 5.60 Å². The third-order valence-electron chi connectivity index (χ3n) is 8.56. The highest BCUT2D eigenvalue weighted by atomic mass is 19.4. The molecule has 1 atom stereocenters. The smallest absolute Gasteiger partial charge is 0.408 e. The second-order valence-corrected chi connectivity index (χ2v) is 11.4. The average molecular weight is 589 g/mol. The number of amides is 1. The molecule has 2 heterocycles. The van der Waals surface area contributed by atoms with Gasteiger partial charge in [0.1, 0.15) is 12.4 Å². The van der Waals surface area contributed by atoms with Gasteiger partial charge in [0.05, 0.1) is 5.52 Å². The molecule has 6 rings (SSSR count). The van der Waals surface area contributed by atoms with Crippen molar-refractivity contribution in [3.8, 4) is 11.1 Å². The summed E-state index contributed by atoms with van der Waals surface area (Å²) < 4.78 is 44.5. The zero-order chi connectivity index (χ0) is 30.0. The van der Waals surface area contributed by atoms with Crippen LogP contribution in [0.2, 0.25) is 0 Å². The number of halogens is 3. The van der Waals surface area contributed by atoms with Crippen LogP contribution in [0, 0.1) is 0 Å². The quantitative estimate of drug-likeness (QED) is 0.222. The topological polar surface area (TPSA) is 57.7 Å². The summed E-state index contributed by atoms with van der Waals surface area (Å²) in [5.74, 6) is 0.993. The standard InChI is InChI=1S/C34H35F3N4O2/c1-24-22-40(20-21-41(24)31-17-16-25-10-2-7-15-30(25)39-31)19-9-8-18-33(43-32(42)38-23-34(35,36)37)28-13-5-3-11-26(28)27-12-4-6-14-29(27)33/h2-7,10-17,24H,8-9,18-23H2,1H3,(H,38,42). The van der Waals surface area contributed by atoms with Crippen molar-refractivity contribution in [1.29, 1.82) is 0 Å². The maximum atomic E-state index is 12.9. The number of nitrogens with zero attached hydrogens (tertiary/aromatic N) is 3. The van der Waals surface area contributed by atoms with Gasteiger partial charge < -0.3 is 15.0 Å². The van der Waals surface area contributed by atoms with Gasteiger partial charge in [-0.25, -0.2) is 9.78 Å². The Morgan fingerprint density at radius 1 is 0.930 bits per heavy atom. The van der Waals surface area contributed by atoms with E-state index in [0.29, 0.717) is 12.5 Å². The van der Waals surface area contributed by atoms with E-state index in [4.69, 9.17) is 9.72 Å². The van der Waals surface area contributed by atoms with Gasteiger partial charge in [-0.2, -0.15) is 13.2 Å². The molecule has 1 fully saturated rings. The summed E-state index contributed by atoms with van der Waals surface area (Å²) in [6.07, 6.45) is -3.53. The van der Waals surface area contributed by atoms with Crippen LogP contribution in [-0.2, 0) is 10.3 Å². The summed E-state index contributed by atoms with van der Waals surface area (Å²) in [6, 6.07) is 28.0. The van der Waals surface area contributed by atoms with E-state index in [9.17, 15) is 18.0 Å². The van der Waals surface area contributed by atoms with Crippen LogP contribution in [0.4, 0.5) is 23.8 Å². The van der Waals surface area contributed by atoms with Gasteiger partial charge in [-0.3, -0.25) is 4.90 Å². The molecular weight excluding hydrogens is 553 g/mol. The molecule has 0 bridgehead atoms. The molecule has 1 N–H and O–H groups in total. The van der Waals surface area contributed by atoms with Crippen molar-refractivity contribution in [2.45, 2.75) is 44.0 Å². The molecule has 0 radical (unpaired) electrons. The van der Waals surface area contributed by atoms with E-state index >= 15 is 0 Å². The molecule has 4 aromatic rings. The molecular formula is C34H35F3N4O2. The molecule has 2 aliphatic rings. The van der Waals surface area contributed by atoms with Crippen LogP contribution in [-0.4, -0.2) is 60.9 Å². The van der Waals surface area contributed by atoms with Crippen molar-refractivity contribution >= 4 is 22.8 Å². The number of rotatable bonds is 8. The average Bonchev–Trinajstić information content (AvgIpc) is 3.27. The Kier molecular flexibility index (Phi) is 8.01. The van der Waals surface area contributed by atoms with Crippen LogP contribution in [0.1, 0.15) is 37.3 Å². The van der Waals surface area contributed by atoms with Crippen LogP contribution in [0.3, 0.4) is 0 Å². The van der Waals surface area contributed by atoms with Crippen molar-refractivity contribution in [3.05, 3.63) is 96.1 Å². The van der Waals surface area contributed by atoms with Gasteiger partial charge >= 0.3 is 12.3 Å². The molecule has 1 saturated heterocycles. The number of anilines is 1. The third kappa shape index (κ3) is 6.04. The van der Waals surface area contributed by atoms with Gasteiger partial charge in [0.2, 0.25) is 0 Å². The fourth-order valence-electron chi connectivity index (χ4n) is 6.58. The minimum Gasteiger partial charge on any atom is -0.433 e. The van der Waals surface area contributed by atoms with Crippen LogP contribution in [0.15, 0.2) is 84.9 Å². The first-order valence-corrected chi connectivity index (χ1v) is 14.8. The Morgan fingerprint density at radius 3 is 2.30 bits per heavy atom. The van der Waals surface area contributed by atoms with Crippen molar-refractivity contribution in [3.63, 3.8) is 0 Å². The second kappa shape index (κ2) is 11.9. The maximum Gasteiger partial charge on any atom is 0.408 e. The maximum absolute atomic E-state index is 12.9. The number of hydrogen-bond donors (Lipinski definition) is 1. The first-order chi connectivity index (χ1) is 20.7. The minimum atomic E-state index is -4.52. The molecule has 1 amide bonds. The molecule has 9 heteroatoms. The van der Waals surface area contributed by atoms with Crippen molar-refractivity contribution in [2.24, 2.45) is 0 Å². The summed E-state index contributed by atoms with van der Waals surface area (Å²) in [4.78, 5) is 22.4. The van der Waals surface area contributed by atoms with Crippen LogP contribution < -0.4 is 10.2 Å². The molecule has 1 aromatic heterocycles. The van der Waals surface area contributed by atoms with Gasteiger partial charge in [-0.05, 0) is 62.1 Å². The summed E-state index contributed by atoms with van der Waals surface area (Å²) in [5, 5.41) is 3.04. The zero-order valence-corrected chi connectivity index (χ0v) is 24.1. The number of para-hydroxylation sites is 1. The number of piperazine rings is 1. The number of fused-ring (bicyclic) bond motifs is 4. The predicted octanol–water partition coefficient (Wildman–Crippen LogP) is 7.13. The number of ether oxygens (including phenoxy) is 1. The number of carbonyl (C=O) groups is 1. The molecule has 43 heavy (non-hydrogen) atoms. The molecule has 1 aliphatic carbocycles. The Labute approximate surface area is 249 Å². The fourth-order valence-corrected chi connectivity index (χ4v) is 6.58. The summed E-state index contributed by atoms with van der Waals surface area (Å²) >= 11 is 0. The third-order valence-corrected chi connectivity index (χ3v) is 8.56. The SMILES string of the molecule is CC1CN(CCCCC2(OC(=O)NCC(F)(F)F)c3ccccc3-c3ccccc32)CCN1c1ccc2ccccc2n1. The number of unbranched alkanes of at least 4 members (excludes halogenated alkanes) is 1. The number of hydrogen-bond acceptors (Lipinski definition) is 5. The van der Waals surface area contributed by atoms with Crippen LogP contribution >= 0.6 is 0 Å². The molecule has 0 saturated carbocycles. The second-order valence-electron chi connectivity index (χ2n) is 11.4. The van der Waals surface area contributed by atoms with Gasteiger partial charge in [0.25, 0.3) is 0 Å². The molecule has 1 unspecified atom stereocenters. The van der Waals surface area contributed by atoms with Crippen molar-refractivity contribution < 1.29 is 22.7 Å². The van der Waals surface area contributed by atoms with E-state index < -0.39 is 24.4 Å². The Bertz CT molecular complexity index is 1560. The Hall–Kier alpha value is -4.11. The van der Waals surface area contributed by atoms with E-state index in [0.717, 1.165) is 78.0 Å². The van der Waals surface area contributed by atoms with E-state index in [1.807, 2.05) is 72.0 Å². The monoisotopic (exact) mass is 588 g/mol.